The molecule has 2 aliphatic rings. The van der Waals surface area contributed by atoms with Crippen molar-refractivity contribution in [1.29, 1.82) is 0 Å². The number of anilines is 4. The number of hydrogen-bond acceptors (Lipinski definition) is 9. The number of imide groups is 2. The Balaban J connectivity index is 0.940. The number of rotatable bonds is 12. The summed E-state index contributed by atoms with van der Waals surface area (Å²) in [6.45, 7) is 0. The molecular formula is C64H42N4O7. The minimum absolute atomic E-state index is 0.115. The third-order valence-corrected chi connectivity index (χ3v) is 13.2. The number of benzene rings is 10. The van der Waals surface area contributed by atoms with Crippen LogP contribution in [0.3, 0.4) is 0 Å². The molecule has 0 saturated carbocycles. The number of hydrogen-bond donors (Lipinski definition) is 2. The highest BCUT2D eigenvalue weighted by molar-refractivity contribution is 6.36. The van der Waals surface area contributed by atoms with Crippen molar-refractivity contribution in [3.63, 3.8) is 0 Å². The van der Waals surface area contributed by atoms with Gasteiger partial charge in [0, 0.05) is 16.9 Å². The van der Waals surface area contributed by atoms with Crippen LogP contribution in [0.4, 0.5) is 22.7 Å². The molecule has 0 bridgehead atoms. The lowest BCUT2D eigenvalue weighted by Gasteiger charge is -2.23. The van der Waals surface area contributed by atoms with Crippen LogP contribution in [0.1, 0.15) is 41.4 Å². The molecule has 10 aromatic rings. The third kappa shape index (κ3) is 8.66. The maximum atomic E-state index is 14.8. The number of carbonyl (C=O) groups is 4. The zero-order valence-electron chi connectivity index (χ0n) is 39.8. The molecule has 360 valence electrons. The van der Waals surface area contributed by atoms with Crippen LogP contribution in [0.2, 0.25) is 0 Å². The molecule has 0 aromatic heterocycles. The van der Waals surface area contributed by atoms with Crippen molar-refractivity contribution in [1.82, 2.24) is 0 Å². The molecule has 0 spiro atoms. The van der Waals surface area contributed by atoms with Crippen LogP contribution in [-0.2, 0) is 0 Å². The summed E-state index contributed by atoms with van der Waals surface area (Å²) in [6.07, 6.45) is 0. The molecule has 12 rings (SSSR count). The zero-order valence-corrected chi connectivity index (χ0v) is 39.8. The van der Waals surface area contributed by atoms with Crippen molar-refractivity contribution in [3.8, 4) is 79.0 Å². The fourth-order valence-corrected chi connectivity index (χ4v) is 9.42. The predicted molar refractivity (Wildman–Crippen MR) is 292 cm³/mol. The van der Waals surface area contributed by atoms with Gasteiger partial charge in [0.2, 0.25) is 0 Å². The standard InChI is InChI=1S/C64H42N4O7/c65-46-25-16-39(17-26-46)42-23-32-53-55(34-42)63(71)67(61(53)69)48-29-20-41(21-30-48)52-31-22-44(36-57(52)73-49-10-4-1-5-11-49)45-37-58(74-50-12-6-2-7-13-50)60(59(38-45)75-51-14-8-3-9-15-51)68-62(70)54-33-24-43(35-56(54)64(68)72)40-18-27-47(66)28-19-40/h1-38H,65-66H2. The Morgan fingerprint density at radius 2 is 0.627 bits per heavy atom. The van der Waals surface area contributed by atoms with Gasteiger partial charge in [-0.1, -0.05) is 115 Å². The Kier molecular flexibility index (Phi) is 11.5. The average molecular weight is 979 g/mol. The number of para-hydroxylation sites is 3. The Morgan fingerprint density at radius 3 is 1.09 bits per heavy atom. The van der Waals surface area contributed by atoms with Crippen molar-refractivity contribution in [2.75, 3.05) is 21.3 Å². The first kappa shape index (κ1) is 45.6. The van der Waals surface area contributed by atoms with Crippen LogP contribution in [0.15, 0.2) is 231 Å². The molecule has 0 radical (unpaired) electrons. The average Bonchev–Trinajstić information content (AvgIpc) is 3.90. The smallest absolute Gasteiger partial charge is 0.266 e. The molecule has 0 saturated heterocycles. The molecule has 0 atom stereocenters. The summed E-state index contributed by atoms with van der Waals surface area (Å²) in [6, 6.07) is 69.2. The Bertz CT molecular complexity index is 3820. The molecular weight excluding hydrogens is 937 g/mol. The van der Waals surface area contributed by atoms with Crippen LogP contribution in [0.25, 0.3) is 44.5 Å². The first-order valence-electron chi connectivity index (χ1n) is 24.0. The molecule has 0 aliphatic carbocycles. The van der Waals surface area contributed by atoms with Gasteiger partial charge >= 0.3 is 0 Å². The second-order valence-corrected chi connectivity index (χ2v) is 18.0. The Hall–Kier alpha value is -10.5. The molecule has 11 nitrogen and oxygen atoms in total. The van der Waals surface area contributed by atoms with E-state index in [0.29, 0.717) is 67.9 Å². The first-order valence-corrected chi connectivity index (χ1v) is 24.0. The molecule has 4 N–H and O–H groups in total. The zero-order chi connectivity index (χ0) is 51.2. The van der Waals surface area contributed by atoms with Gasteiger partial charge in [0.1, 0.15) is 28.7 Å². The Morgan fingerprint density at radius 1 is 0.280 bits per heavy atom. The van der Waals surface area contributed by atoms with E-state index in [2.05, 4.69) is 0 Å². The number of fused-ring (bicyclic) bond motifs is 2. The summed E-state index contributed by atoms with van der Waals surface area (Å²) >= 11 is 0. The predicted octanol–water partition coefficient (Wildman–Crippen LogP) is 14.5. The summed E-state index contributed by atoms with van der Waals surface area (Å²) in [7, 11) is 0. The van der Waals surface area contributed by atoms with E-state index in [4.69, 9.17) is 25.7 Å². The van der Waals surface area contributed by atoms with Crippen molar-refractivity contribution in [2.24, 2.45) is 0 Å². The SMILES string of the molecule is Nc1ccc(-c2ccc3c(c2)C(=O)N(c2ccc(-c4ccc(-c5cc(Oc6ccccc6)c(N6C(=O)c7ccc(-c8ccc(N)cc8)cc7C6=O)c(Oc6ccccc6)c5)cc4Oc4ccccc4)cc2)C3=O)cc1. The van der Waals surface area contributed by atoms with Crippen LogP contribution < -0.4 is 35.5 Å². The van der Waals surface area contributed by atoms with Crippen LogP contribution >= 0.6 is 0 Å². The monoisotopic (exact) mass is 978 g/mol. The van der Waals surface area contributed by atoms with E-state index in [9.17, 15) is 19.2 Å². The molecule has 75 heavy (non-hydrogen) atoms. The van der Waals surface area contributed by atoms with E-state index in [-0.39, 0.29) is 28.3 Å². The molecule has 2 aliphatic heterocycles. The van der Waals surface area contributed by atoms with Crippen LogP contribution in [0.5, 0.6) is 34.5 Å². The number of nitrogens with two attached hydrogens (primary N) is 2. The van der Waals surface area contributed by atoms with E-state index in [1.54, 1.807) is 97.1 Å². The van der Waals surface area contributed by atoms with Crippen LogP contribution in [0, 0.1) is 0 Å². The third-order valence-electron chi connectivity index (χ3n) is 13.2. The van der Waals surface area contributed by atoms with Gasteiger partial charge in [-0.2, -0.15) is 0 Å². The molecule has 0 unspecified atom stereocenters. The second-order valence-electron chi connectivity index (χ2n) is 18.0. The minimum atomic E-state index is -0.545. The van der Waals surface area contributed by atoms with Gasteiger partial charge in [-0.05, 0) is 154 Å². The highest BCUT2D eigenvalue weighted by Crippen LogP contribution is 2.49. The van der Waals surface area contributed by atoms with Gasteiger partial charge in [-0.3, -0.25) is 19.2 Å². The normalized spacial score (nSPS) is 12.7. The summed E-state index contributed by atoms with van der Waals surface area (Å²) in [4.78, 5) is 59.4. The number of carbonyl (C=O) groups excluding carboxylic acids is 4. The first-order chi connectivity index (χ1) is 36.6. The molecule has 4 amide bonds. The maximum Gasteiger partial charge on any atom is 0.266 e. The summed E-state index contributed by atoms with van der Waals surface area (Å²) in [5.41, 5.74) is 20.8. The molecule has 0 fully saturated rings. The van der Waals surface area contributed by atoms with Crippen molar-refractivity contribution < 1.29 is 33.4 Å². The number of ether oxygens (including phenoxy) is 3. The quantitative estimate of drug-likeness (QED) is 0.0899. The fraction of sp³-hybridized carbons (Fsp3) is 0. The van der Waals surface area contributed by atoms with Gasteiger partial charge < -0.3 is 25.7 Å². The summed E-state index contributed by atoms with van der Waals surface area (Å²) < 4.78 is 20.0. The highest BCUT2D eigenvalue weighted by Gasteiger charge is 2.41. The number of nitrogen functional groups attached to an aromatic ring is 2. The van der Waals surface area contributed by atoms with E-state index in [0.717, 1.165) is 32.7 Å². The molecule has 2 heterocycles. The van der Waals surface area contributed by atoms with E-state index < -0.39 is 23.6 Å². The van der Waals surface area contributed by atoms with Gasteiger partial charge in [0.15, 0.2) is 11.5 Å². The van der Waals surface area contributed by atoms with Crippen LogP contribution in [-0.4, -0.2) is 23.6 Å². The lowest BCUT2D eigenvalue weighted by molar-refractivity contribution is 0.0909. The van der Waals surface area contributed by atoms with Crippen molar-refractivity contribution in [3.05, 3.63) is 253 Å². The van der Waals surface area contributed by atoms with Gasteiger partial charge in [-0.15, -0.1) is 0 Å². The number of amides is 4. The maximum absolute atomic E-state index is 14.8. The highest BCUT2D eigenvalue weighted by atomic mass is 16.5. The minimum Gasteiger partial charge on any atom is -0.457 e. The number of nitrogens with zero attached hydrogens (tertiary/aromatic N) is 2. The second kappa shape index (κ2) is 18.9. The Labute approximate surface area is 431 Å². The lowest BCUT2D eigenvalue weighted by atomic mass is 9.98. The molecule has 10 aromatic carbocycles. The van der Waals surface area contributed by atoms with Crippen molar-refractivity contribution in [2.45, 2.75) is 0 Å². The van der Waals surface area contributed by atoms with Gasteiger partial charge in [0.25, 0.3) is 23.6 Å². The van der Waals surface area contributed by atoms with Gasteiger partial charge in [-0.25, -0.2) is 9.80 Å². The summed E-state index contributed by atoms with van der Waals surface area (Å²) in [5, 5.41) is 0. The van der Waals surface area contributed by atoms with Crippen molar-refractivity contribution >= 4 is 46.4 Å². The van der Waals surface area contributed by atoms with Gasteiger partial charge in [0.05, 0.1) is 27.9 Å². The topological polar surface area (TPSA) is 154 Å². The lowest BCUT2D eigenvalue weighted by Crippen LogP contribution is -2.30. The fourth-order valence-electron chi connectivity index (χ4n) is 9.42. The van der Waals surface area contributed by atoms with E-state index >= 15 is 0 Å². The summed E-state index contributed by atoms with van der Waals surface area (Å²) in [5.74, 6) is 0.432. The molecule has 11 heteroatoms. The van der Waals surface area contributed by atoms with E-state index in [1.165, 1.54) is 4.90 Å². The largest absolute Gasteiger partial charge is 0.457 e. The van der Waals surface area contributed by atoms with E-state index in [1.807, 2.05) is 133 Å².